The Hall–Kier alpha value is -1.16. The number of anilines is 1. The number of amides is 1. The van der Waals surface area contributed by atoms with E-state index in [0.29, 0.717) is 6.42 Å². The van der Waals surface area contributed by atoms with E-state index in [-0.39, 0.29) is 11.3 Å². The molecule has 90 valence electrons. The predicted octanol–water partition coefficient (Wildman–Crippen LogP) is 3.59. The molecule has 1 amide bonds. The molecule has 0 spiro atoms. The van der Waals surface area contributed by atoms with Crippen LogP contribution in [0.1, 0.15) is 27.2 Å². The van der Waals surface area contributed by atoms with E-state index in [1.165, 1.54) is 5.01 Å². The topological polar surface area (TPSA) is 32.7 Å². The molecule has 1 aromatic carbocycles. The van der Waals surface area contributed by atoms with Gasteiger partial charge in [-0.25, -0.2) is 0 Å². The first-order valence-electron chi connectivity index (χ1n) is 5.55. The Morgan fingerprint density at radius 1 is 1.29 bits per heavy atom. The highest BCUT2D eigenvalue weighted by Crippen LogP contribution is 2.32. The lowest BCUT2D eigenvalue weighted by molar-refractivity contribution is -0.116. The monoisotopic (exact) mass is 294 g/mol. The average molecular weight is 295 g/mol. The number of nitrogens with zero attached hydrogens (tertiary/aromatic N) is 2. The van der Waals surface area contributed by atoms with E-state index in [0.717, 1.165) is 15.9 Å². The molecular formula is C13H15BrN2O. The average Bonchev–Trinajstić information content (AvgIpc) is 2.61. The number of hydrogen-bond acceptors (Lipinski definition) is 2. The third-order valence-corrected chi connectivity index (χ3v) is 3.39. The third kappa shape index (κ3) is 2.41. The third-order valence-electron chi connectivity index (χ3n) is 2.72. The fourth-order valence-corrected chi connectivity index (χ4v) is 2.11. The van der Waals surface area contributed by atoms with Crippen LogP contribution in [0.15, 0.2) is 33.8 Å². The van der Waals surface area contributed by atoms with Gasteiger partial charge in [-0.1, -0.05) is 32.9 Å². The van der Waals surface area contributed by atoms with Crippen LogP contribution in [0, 0.1) is 5.41 Å². The minimum Gasteiger partial charge on any atom is -0.272 e. The van der Waals surface area contributed by atoms with E-state index in [9.17, 15) is 4.79 Å². The van der Waals surface area contributed by atoms with Crippen molar-refractivity contribution >= 4 is 33.2 Å². The summed E-state index contributed by atoms with van der Waals surface area (Å²) in [5.41, 5.74) is 1.67. The summed E-state index contributed by atoms with van der Waals surface area (Å²) in [5.74, 6) is 0.0295. The van der Waals surface area contributed by atoms with Crippen LogP contribution in [-0.4, -0.2) is 11.6 Å². The predicted molar refractivity (Wildman–Crippen MR) is 73.1 cm³/mol. The van der Waals surface area contributed by atoms with Crippen molar-refractivity contribution in [1.82, 2.24) is 0 Å². The van der Waals surface area contributed by atoms with Crippen molar-refractivity contribution in [2.75, 3.05) is 5.01 Å². The van der Waals surface area contributed by atoms with Gasteiger partial charge in [0.25, 0.3) is 5.91 Å². The lowest BCUT2D eigenvalue weighted by Crippen LogP contribution is -2.20. The molecule has 1 aliphatic heterocycles. The molecular weight excluding hydrogens is 280 g/mol. The smallest absolute Gasteiger partial charge is 0.253 e. The van der Waals surface area contributed by atoms with Crippen LogP contribution in [0.5, 0.6) is 0 Å². The molecule has 3 nitrogen and oxygen atoms in total. The van der Waals surface area contributed by atoms with Crippen molar-refractivity contribution in [3.8, 4) is 0 Å². The van der Waals surface area contributed by atoms with E-state index in [1.54, 1.807) is 0 Å². The van der Waals surface area contributed by atoms with Gasteiger partial charge in [0.05, 0.1) is 17.8 Å². The second-order valence-corrected chi connectivity index (χ2v) is 5.98. The zero-order chi connectivity index (χ0) is 12.6. The van der Waals surface area contributed by atoms with Crippen LogP contribution in [0.3, 0.4) is 0 Å². The van der Waals surface area contributed by atoms with Gasteiger partial charge >= 0.3 is 0 Å². The van der Waals surface area contributed by atoms with Gasteiger partial charge < -0.3 is 0 Å². The molecule has 1 aliphatic rings. The van der Waals surface area contributed by atoms with Gasteiger partial charge in [0.2, 0.25) is 0 Å². The van der Waals surface area contributed by atoms with E-state index < -0.39 is 0 Å². The Kier molecular flexibility index (Phi) is 3.08. The van der Waals surface area contributed by atoms with Crippen LogP contribution < -0.4 is 5.01 Å². The zero-order valence-corrected chi connectivity index (χ0v) is 11.8. The quantitative estimate of drug-likeness (QED) is 0.779. The standard InChI is InChI=1S/C13H15BrN2O/c1-13(2,3)11-8-12(17)16(15-11)10-7-5-4-6-9(10)14/h4-7H,8H2,1-3H3. The number of para-hydroxylation sites is 1. The Balaban J connectivity index is 2.38. The molecule has 1 heterocycles. The maximum atomic E-state index is 12.0. The summed E-state index contributed by atoms with van der Waals surface area (Å²) in [6.45, 7) is 6.22. The van der Waals surface area contributed by atoms with Gasteiger partial charge in [0.1, 0.15) is 0 Å². The SMILES string of the molecule is CC(C)(C)C1=NN(c2ccccc2Br)C(=O)C1. The van der Waals surface area contributed by atoms with Gasteiger partial charge in [0.15, 0.2) is 0 Å². The molecule has 0 saturated carbocycles. The number of rotatable bonds is 1. The molecule has 0 saturated heterocycles. The van der Waals surface area contributed by atoms with Crippen molar-refractivity contribution in [3.05, 3.63) is 28.7 Å². The molecule has 0 N–H and O–H groups in total. The second-order valence-electron chi connectivity index (χ2n) is 5.13. The van der Waals surface area contributed by atoms with Crippen LogP contribution in [0.2, 0.25) is 0 Å². The summed E-state index contributed by atoms with van der Waals surface area (Å²) < 4.78 is 0.882. The molecule has 0 aliphatic carbocycles. The van der Waals surface area contributed by atoms with Gasteiger partial charge in [-0.3, -0.25) is 4.79 Å². The lowest BCUT2D eigenvalue weighted by Gasteiger charge is -2.16. The Bertz CT molecular complexity index is 488. The van der Waals surface area contributed by atoms with Crippen molar-refractivity contribution < 1.29 is 4.79 Å². The van der Waals surface area contributed by atoms with Crippen LogP contribution in [0.25, 0.3) is 0 Å². The fraction of sp³-hybridized carbons (Fsp3) is 0.385. The summed E-state index contributed by atoms with van der Waals surface area (Å²) in [4.78, 5) is 12.0. The van der Waals surface area contributed by atoms with Crippen molar-refractivity contribution in [2.45, 2.75) is 27.2 Å². The van der Waals surface area contributed by atoms with Gasteiger partial charge in [-0.15, -0.1) is 0 Å². The summed E-state index contributed by atoms with van der Waals surface area (Å²) >= 11 is 3.44. The number of benzene rings is 1. The first kappa shape index (κ1) is 12.3. The number of carbonyl (C=O) groups is 1. The largest absolute Gasteiger partial charge is 0.272 e. The Morgan fingerprint density at radius 3 is 2.47 bits per heavy atom. The van der Waals surface area contributed by atoms with E-state index in [2.05, 4.69) is 41.8 Å². The fourth-order valence-electron chi connectivity index (χ4n) is 1.66. The first-order chi connectivity index (χ1) is 7.89. The summed E-state index contributed by atoms with van der Waals surface area (Å²) in [5, 5.41) is 5.93. The number of halogens is 1. The number of hydrogen-bond donors (Lipinski definition) is 0. The Morgan fingerprint density at radius 2 is 1.94 bits per heavy atom. The summed E-state index contributed by atoms with van der Waals surface area (Å²) in [6, 6.07) is 7.62. The second kappa shape index (κ2) is 4.26. The van der Waals surface area contributed by atoms with Gasteiger partial charge in [0, 0.05) is 9.89 Å². The minimum absolute atomic E-state index is 0.0295. The first-order valence-corrected chi connectivity index (χ1v) is 6.34. The lowest BCUT2D eigenvalue weighted by atomic mass is 9.88. The van der Waals surface area contributed by atoms with E-state index in [4.69, 9.17) is 0 Å². The van der Waals surface area contributed by atoms with Crippen molar-refractivity contribution in [3.63, 3.8) is 0 Å². The van der Waals surface area contributed by atoms with Gasteiger partial charge in [-0.05, 0) is 28.1 Å². The highest BCUT2D eigenvalue weighted by Gasteiger charge is 2.32. The molecule has 0 unspecified atom stereocenters. The molecule has 0 atom stereocenters. The maximum Gasteiger partial charge on any atom is 0.253 e. The summed E-state index contributed by atoms with van der Waals surface area (Å²) in [6.07, 6.45) is 0.408. The van der Waals surface area contributed by atoms with E-state index >= 15 is 0 Å². The molecule has 4 heteroatoms. The van der Waals surface area contributed by atoms with Crippen molar-refractivity contribution in [1.29, 1.82) is 0 Å². The maximum absolute atomic E-state index is 12.0. The highest BCUT2D eigenvalue weighted by molar-refractivity contribution is 9.10. The normalized spacial score (nSPS) is 16.4. The Labute approximate surface area is 110 Å². The minimum atomic E-state index is -0.0638. The van der Waals surface area contributed by atoms with Crippen LogP contribution in [-0.2, 0) is 4.79 Å². The van der Waals surface area contributed by atoms with E-state index in [1.807, 2.05) is 24.3 Å². The highest BCUT2D eigenvalue weighted by atomic mass is 79.9. The van der Waals surface area contributed by atoms with Crippen LogP contribution >= 0.6 is 15.9 Å². The number of hydrazone groups is 1. The van der Waals surface area contributed by atoms with Gasteiger partial charge in [-0.2, -0.15) is 10.1 Å². The molecule has 2 rings (SSSR count). The molecule has 0 bridgehead atoms. The molecule has 0 aromatic heterocycles. The zero-order valence-electron chi connectivity index (χ0n) is 10.2. The summed E-state index contributed by atoms with van der Waals surface area (Å²) in [7, 11) is 0. The molecule has 0 fully saturated rings. The molecule has 0 radical (unpaired) electrons. The van der Waals surface area contributed by atoms with Crippen LogP contribution in [0.4, 0.5) is 5.69 Å². The molecule has 17 heavy (non-hydrogen) atoms. The van der Waals surface area contributed by atoms with Crippen molar-refractivity contribution in [2.24, 2.45) is 10.5 Å². The number of carbonyl (C=O) groups excluding carboxylic acids is 1. The molecule has 1 aromatic rings.